The van der Waals surface area contributed by atoms with Gasteiger partial charge >= 0.3 is 0 Å². The van der Waals surface area contributed by atoms with E-state index >= 15 is 0 Å². The summed E-state index contributed by atoms with van der Waals surface area (Å²) < 4.78 is 0. The van der Waals surface area contributed by atoms with Crippen LogP contribution in [0.1, 0.15) is 47.0 Å². The standard InChI is InChI=1S/C13H26N2O2.ClH/c1-10(16)8-12(2,3)9-14-11(17)13(4)6-5-7-15-13;/h10,15-16H,5-9H2,1-4H3,(H,14,17);1H. The van der Waals surface area contributed by atoms with E-state index in [2.05, 4.69) is 24.5 Å². The second-order valence-electron chi connectivity index (χ2n) is 6.26. The van der Waals surface area contributed by atoms with Gasteiger partial charge in [0, 0.05) is 6.54 Å². The zero-order chi connectivity index (χ0) is 13.1. The van der Waals surface area contributed by atoms with Crippen molar-refractivity contribution in [1.82, 2.24) is 10.6 Å². The lowest BCUT2D eigenvalue weighted by Gasteiger charge is -2.29. The Hall–Kier alpha value is -0.320. The summed E-state index contributed by atoms with van der Waals surface area (Å²) >= 11 is 0. The van der Waals surface area contributed by atoms with Crippen LogP contribution in [0.4, 0.5) is 0 Å². The molecule has 0 bridgehead atoms. The lowest BCUT2D eigenvalue weighted by Crippen LogP contribution is -2.52. The van der Waals surface area contributed by atoms with Crippen LogP contribution in [-0.2, 0) is 4.79 Å². The molecule has 1 aliphatic heterocycles. The molecule has 108 valence electrons. The average molecular weight is 279 g/mol. The summed E-state index contributed by atoms with van der Waals surface area (Å²) in [5.41, 5.74) is -0.473. The number of hydrogen-bond acceptors (Lipinski definition) is 3. The SMILES string of the molecule is CC(O)CC(C)(C)CNC(=O)C1(C)CCCN1.Cl. The van der Waals surface area contributed by atoms with Crippen LogP contribution in [0.5, 0.6) is 0 Å². The molecule has 0 aliphatic carbocycles. The van der Waals surface area contributed by atoms with E-state index in [1.54, 1.807) is 6.92 Å². The van der Waals surface area contributed by atoms with Crippen molar-refractivity contribution < 1.29 is 9.90 Å². The van der Waals surface area contributed by atoms with Crippen molar-refractivity contribution in [1.29, 1.82) is 0 Å². The molecule has 1 heterocycles. The third-order valence-electron chi connectivity index (χ3n) is 3.45. The number of aliphatic hydroxyl groups is 1. The molecule has 1 amide bonds. The normalized spacial score (nSPS) is 25.4. The van der Waals surface area contributed by atoms with Gasteiger partial charge in [-0.15, -0.1) is 12.4 Å². The molecular weight excluding hydrogens is 252 g/mol. The van der Waals surface area contributed by atoms with E-state index in [4.69, 9.17) is 0 Å². The van der Waals surface area contributed by atoms with Gasteiger partial charge in [0.25, 0.3) is 0 Å². The maximum absolute atomic E-state index is 12.1. The van der Waals surface area contributed by atoms with E-state index in [0.717, 1.165) is 19.4 Å². The van der Waals surface area contributed by atoms with Crippen LogP contribution in [0.25, 0.3) is 0 Å². The monoisotopic (exact) mass is 278 g/mol. The average Bonchev–Trinajstić information content (AvgIpc) is 2.61. The highest BCUT2D eigenvalue weighted by Crippen LogP contribution is 2.23. The summed E-state index contributed by atoms with van der Waals surface area (Å²) in [5.74, 6) is 0.0775. The Kier molecular flexibility index (Phi) is 6.61. The quantitative estimate of drug-likeness (QED) is 0.714. The fourth-order valence-electron chi connectivity index (χ4n) is 2.47. The smallest absolute Gasteiger partial charge is 0.240 e. The Morgan fingerprint density at radius 2 is 2.17 bits per heavy atom. The first-order valence-corrected chi connectivity index (χ1v) is 6.47. The molecule has 0 aromatic rings. The molecule has 1 rings (SSSR count). The van der Waals surface area contributed by atoms with Gasteiger partial charge in [-0.2, -0.15) is 0 Å². The van der Waals surface area contributed by atoms with Crippen molar-refractivity contribution in [3.63, 3.8) is 0 Å². The molecule has 1 aliphatic rings. The van der Waals surface area contributed by atoms with Crippen LogP contribution < -0.4 is 10.6 Å². The molecule has 18 heavy (non-hydrogen) atoms. The number of nitrogens with one attached hydrogen (secondary N) is 2. The maximum atomic E-state index is 12.1. The molecule has 0 spiro atoms. The molecule has 5 heteroatoms. The number of halogens is 1. The van der Waals surface area contributed by atoms with Crippen LogP contribution in [-0.4, -0.2) is 35.7 Å². The zero-order valence-corrected chi connectivity index (χ0v) is 12.7. The second-order valence-corrected chi connectivity index (χ2v) is 6.26. The molecule has 0 aromatic carbocycles. The number of carbonyl (C=O) groups is 1. The first-order chi connectivity index (χ1) is 7.75. The van der Waals surface area contributed by atoms with E-state index < -0.39 is 5.54 Å². The molecule has 2 unspecified atom stereocenters. The van der Waals surface area contributed by atoms with Crippen LogP contribution in [0, 0.1) is 5.41 Å². The Morgan fingerprint density at radius 1 is 1.56 bits per heavy atom. The van der Waals surface area contributed by atoms with E-state index in [1.165, 1.54) is 0 Å². The van der Waals surface area contributed by atoms with Crippen LogP contribution in [0.15, 0.2) is 0 Å². The molecule has 1 fully saturated rings. The predicted molar refractivity (Wildman–Crippen MR) is 76.0 cm³/mol. The topological polar surface area (TPSA) is 61.4 Å². The minimum atomic E-state index is -0.402. The summed E-state index contributed by atoms with van der Waals surface area (Å²) in [7, 11) is 0. The van der Waals surface area contributed by atoms with Crippen molar-refractivity contribution >= 4 is 18.3 Å². The lowest BCUT2D eigenvalue weighted by atomic mass is 9.86. The van der Waals surface area contributed by atoms with Gasteiger partial charge in [0.2, 0.25) is 5.91 Å². The predicted octanol–water partition coefficient (Wildman–Crippen LogP) is 1.46. The van der Waals surface area contributed by atoms with Gasteiger partial charge in [-0.3, -0.25) is 4.79 Å². The van der Waals surface area contributed by atoms with Gasteiger partial charge < -0.3 is 15.7 Å². The highest BCUT2D eigenvalue weighted by Gasteiger charge is 2.36. The number of hydrogen-bond donors (Lipinski definition) is 3. The van der Waals surface area contributed by atoms with Crippen LogP contribution in [0.2, 0.25) is 0 Å². The Bertz CT molecular complexity index is 274. The first-order valence-electron chi connectivity index (χ1n) is 6.47. The van der Waals surface area contributed by atoms with Crippen molar-refractivity contribution in [3.05, 3.63) is 0 Å². The number of aliphatic hydroxyl groups excluding tert-OH is 1. The van der Waals surface area contributed by atoms with Crippen molar-refractivity contribution in [2.45, 2.75) is 58.6 Å². The van der Waals surface area contributed by atoms with Crippen molar-refractivity contribution in [2.24, 2.45) is 5.41 Å². The third kappa shape index (κ3) is 5.12. The number of amides is 1. The van der Waals surface area contributed by atoms with Gasteiger partial charge in [-0.05, 0) is 45.1 Å². The minimum Gasteiger partial charge on any atom is -0.393 e. The molecule has 0 saturated carbocycles. The summed E-state index contributed by atoms with van der Waals surface area (Å²) in [6.07, 6.45) is 2.32. The van der Waals surface area contributed by atoms with E-state index in [0.29, 0.717) is 13.0 Å². The van der Waals surface area contributed by atoms with Gasteiger partial charge in [0.1, 0.15) is 0 Å². The Labute approximate surface area is 116 Å². The van der Waals surface area contributed by atoms with E-state index in [1.807, 2.05) is 6.92 Å². The number of carbonyl (C=O) groups excluding carboxylic acids is 1. The molecular formula is C13H27ClN2O2. The second kappa shape index (κ2) is 6.73. The first kappa shape index (κ1) is 17.7. The van der Waals surface area contributed by atoms with E-state index in [-0.39, 0.29) is 29.8 Å². The zero-order valence-electron chi connectivity index (χ0n) is 11.9. The molecule has 0 radical (unpaired) electrons. The lowest BCUT2D eigenvalue weighted by molar-refractivity contribution is -0.127. The summed E-state index contributed by atoms with van der Waals surface area (Å²) in [6.45, 7) is 9.38. The third-order valence-corrected chi connectivity index (χ3v) is 3.45. The molecule has 3 N–H and O–H groups in total. The van der Waals surface area contributed by atoms with Gasteiger partial charge in [0.05, 0.1) is 11.6 Å². The molecule has 4 nitrogen and oxygen atoms in total. The fourth-order valence-corrected chi connectivity index (χ4v) is 2.47. The van der Waals surface area contributed by atoms with Crippen LogP contribution >= 0.6 is 12.4 Å². The summed E-state index contributed by atoms with van der Waals surface area (Å²) in [5, 5.41) is 15.6. The molecule has 0 aromatic heterocycles. The van der Waals surface area contributed by atoms with Crippen molar-refractivity contribution in [3.8, 4) is 0 Å². The molecule has 2 atom stereocenters. The highest BCUT2D eigenvalue weighted by atomic mass is 35.5. The number of rotatable bonds is 5. The Balaban J connectivity index is 0.00000289. The minimum absolute atomic E-state index is 0. The van der Waals surface area contributed by atoms with Gasteiger partial charge in [-0.25, -0.2) is 0 Å². The maximum Gasteiger partial charge on any atom is 0.240 e. The fraction of sp³-hybridized carbons (Fsp3) is 0.923. The summed E-state index contributed by atoms with van der Waals surface area (Å²) in [4.78, 5) is 12.1. The van der Waals surface area contributed by atoms with E-state index in [9.17, 15) is 9.90 Å². The molecule has 1 saturated heterocycles. The van der Waals surface area contributed by atoms with Crippen molar-refractivity contribution in [2.75, 3.05) is 13.1 Å². The van der Waals surface area contributed by atoms with Crippen LogP contribution in [0.3, 0.4) is 0 Å². The largest absolute Gasteiger partial charge is 0.393 e. The van der Waals surface area contributed by atoms with Gasteiger partial charge in [0.15, 0.2) is 0 Å². The summed E-state index contributed by atoms with van der Waals surface area (Å²) in [6, 6.07) is 0. The van der Waals surface area contributed by atoms with Gasteiger partial charge in [-0.1, -0.05) is 13.8 Å². The Morgan fingerprint density at radius 3 is 2.61 bits per heavy atom. The highest BCUT2D eigenvalue weighted by molar-refractivity contribution is 5.86.